The predicted molar refractivity (Wildman–Crippen MR) is 30.7 cm³/mol. The summed E-state index contributed by atoms with van der Waals surface area (Å²) in [5, 5.41) is 0. The van der Waals surface area contributed by atoms with Gasteiger partial charge in [0.15, 0.2) is 0 Å². The van der Waals surface area contributed by atoms with Gasteiger partial charge in [-0.3, -0.25) is 4.79 Å². The van der Waals surface area contributed by atoms with Crippen LogP contribution >= 0.6 is 0 Å². The first-order valence-electron chi connectivity index (χ1n) is 3.14. The van der Waals surface area contributed by atoms with Crippen LogP contribution in [0, 0.1) is 0 Å². The molecule has 0 aromatic rings. The van der Waals surface area contributed by atoms with Crippen LogP contribution in [0.4, 0.5) is 35.1 Å². The van der Waals surface area contributed by atoms with E-state index in [9.17, 15) is 39.9 Å². The van der Waals surface area contributed by atoms with Crippen molar-refractivity contribution in [2.75, 3.05) is 0 Å². The van der Waals surface area contributed by atoms with Crippen molar-refractivity contribution in [2.45, 2.75) is 18.3 Å². The standard InChI is InChI=1S/C5F8N2O/c6-3(7,5(11,12)13)1(15-14)2(16)4(8,9)10. The molecule has 92 valence electrons. The minimum absolute atomic E-state index is 1.07. The molecule has 0 spiro atoms. The number of carbonyl (C=O) groups excluding carboxylic acids is 1. The van der Waals surface area contributed by atoms with Crippen LogP contribution in [0.1, 0.15) is 0 Å². The molecule has 0 N–H and O–H groups in total. The molecular weight excluding hydrogens is 256 g/mol. The Kier molecular flexibility index (Phi) is 3.45. The maximum absolute atomic E-state index is 12.2. The van der Waals surface area contributed by atoms with Crippen molar-refractivity contribution in [2.24, 2.45) is 0 Å². The summed E-state index contributed by atoms with van der Waals surface area (Å²) in [6.07, 6.45) is -12.5. The quantitative estimate of drug-likeness (QED) is 0.322. The molecule has 11 heteroatoms. The van der Waals surface area contributed by atoms with Gasteiger partial charge in [-0.1, -0.05) is 0 Å². The number of hydrogen-bond acceptors (Lipinski definition) is 1. The number of nitrogens with zero attached hydrogens (tertiary/aromatic N) is 2. The van der Waals surface area contributed by atoms with Gasteiger partial charge >= 0.3 is 29.8 Å². The fraction of sp³-hybridized carbons (Fsp3) is 0.600. The topological polar surface area (TPSA) is 53.5 Å². The van der Waals surface area contributed by atoms with Crippen molar-refractivity contribution >= 4 is 11.5 Å². The zero-order chi connectivity index (χ0) is 13.4. The van der Waals surface area contributed by atoms with Gasteiger partial charge in [0, 0.05) is 0 Å². The van der Waals surface area contributed by atoms with Crippen molar-refractivity contribution in [1.29, 1.82) is 0 Å². The molecule has 0 aromatic carbocycles. The fourth-order valence-corrected chi connectivity index (χ4v) is 0.519. The average Bonchev–Trinajstić information content (AvgIpc) is 2.00. The van der Waals surface area contributed by atoms with Crippen molar-refractivity contribution < 1.29 is 44.7 Å². The average molecular weight is 256 g/mol. The first kappa shape index (κ1) is 14.5. The van der Waals surface area contributed by atoms with E-state index in [2.05, 4.69) is 0 Å². The molecule has 0 unspecified atom stereocenters. The molecule has 0 aromatic heterocycles. The zero-order valence-electron chi connectivity index (χ0n) is 6.83. The lowest BCUT2D eigenvalue weighted by Gasteiger charge is -2.14. The Morgan fingerprint density at radius 2 is 1.31 bits per heavy atom. The van der Waals surface area contributed by atoms with Gasteiger partial charge in [0.1, 0.15) is 0 Å². The number of Topliss-reactive ketones (excluding diaryl/α,β-unsaturated/α-hetero) is 1. The Balaban J connectivity index is 5.54. The van der Waals surface area contributed by atoms with E-state index in [4.69, 9.17) is 5.53 Å². The maximum atomic E-state index is 12.2. The molecular formula is C5F8N2O. The van der Waals surface area contributed by atoms with Gasteiger partial charge in [-0.2, -0.15) is 39.9 Å². The van der Waals surface area contributed by atoms with Crippen LogP contribution in [0.3, 0.4) is 0 Å². The van der Waals surface area contributed by atoms with Crippen LogP contribution in [0.5, 0.6) is 0 Å². The summed E-state index contributed by atoms with van der Waals surface area (Å²) in [5.41, 5.74) is 4.32. The van der Waals surface area contributed by atoms with E-state index in [1.54, 1.807) is 0 Å². The number of rotatable bonds is 2. The van der Waals surface area contributed by atoms with Gasteiger partial charge in [-0.25, -0.2) is 0 Å². The molecule has 0 amide bonds. The molecule has 0 atom stereocenters. The summed E-state index contributed by atoms with van der Waals surface area (Å²) < 4.78 is 93.8. The first-order valence-corrected chi connectivity index (χ1v) is 3.14. The van der Waals surface area contributed by atoms with Crippen molar-refractivity contribution in [3.63, 3.8) is 0 Å². The third-order valence-electron chi connectivity index (χ3n) is 1.23. The molecule has 0 saturated heterocycles. The molecule has 0 radical (unpaired) electrons. The molecule has 0 rings (SSSR count). The van der Waals surface area contributed by atoms with Crippen LogP contribution in [-0.2, 0) is 4.79 Å². The van der Waals surface area contributed by atoms with E-state index >= 15 is 0 Å². The highest BCUT2D eigenvalue weighted by Crippen LogP contribution is 2.37. The van der Waals surface area contributed by atoms with Gasteiger partial charge in [0.05, 0.1) is 0 Å². The molecule has 0 aliphatic carbocycles. The summed E-state index contributed by atoms with van der Waals surface area (Å²) in [5.74, 6) is -9.76. The van der Waals surface area contributed by atoms with Crippen molar-refractivity contribution in [1.82, 2.24) is 0 Å². The Labute approximate surface area is 81.3 Å². The number of hydrogen-bond donors (Lipinski definition) is 0. The Morgan fingerprint density at radius 1 is 0.938 bits per heavy atom. The van der Waals surface area contributed by atoms with E-state index in [0.29, 0.717) is 0 Å². The minimum atomic E-state index is -6.48. The second kappa shape index (κ2) is 3.81. The zero-order valence-corrected chi connectivity index (χ0v) is 6.83. The normalized spacial score (nSPS) is 13.2. The number of carbonyl (C=O) groups is 1. The number of ketones is 1. The molecule has 0 heterocycles. The van der Waals surface area contributed by atoms with E-state index in [1.807, 2.05) is 0 Å². The Morgan fingerprint density at radius 3 is 1.50 bits per heavy atom. The highest BCUT2D eigenvalue weighted by molar-refractivity contribution is 6.42. The van der Waals surface area contributed by atoms with Gasteiger partial charge in [-0.15, -0.1) is 0 Å². The van der Waals surface area contributed by atoms with Crippen LogP contribution in [0.15, 0.2) is 0 Å². The molecule has 0 saturated carbocycles. The van der Waals surface area contributed by atoms with Crippen molar-refractivity contribution in [3.05, 3.63) is 5.53 Å². The number of halogens is 8. The smallest absolute Gasteiger partial charge is 0.361 e. The third kappa shape index (κ3) is 2.54. The van der Waals surface area contributed by atoms with Crippen LogP contribution < -0.4 is 0 Å². The van der Waals surface area contributed by atoms with Crippen LogP contribution in [0.2, 0.25) is 0 Å². The van der Waals surface area contributed by atoms with Crippen LogP contribution in [0.25, 0.3) is 5.53 Å². The van der Waals surface area contributed by atoms with E-state index in [-0.39, 0.29) is 0 Å². The summed E-state index contributed by atoms with van der Waals surface area (Å²) in [4.78, 5) is 11.2. The monoisotopic (exact) mass is 256 g/mol. The SMILES string of the molecule is [N-]=[N+]=C(C(=O)C(F)(F)F)C(F)(F)C(F)(F)F. The fourth-order valence-electron chi connectivity index (χ4n) is 0.519. The summed E-state index contributed by atoms with van der Waals surface area (Å²) in [6, 6.07) is 0. The van der Waals surface area contributed by atoms with E-state index < -0.39 is 29.8 Å². The Bertz CT molecular complexity index is 346. The molecule has 3 nitrogen and oxygen atoms in total. The Hall–Kier alpha value is -1.51. The highest BCUT2D eigenvalue weighted by Gasteiger charge is 2.71. The minimum Gasteiger partial charge on any atom is -0.361 e. The third-order valence-corrected chi connectivity index (χ3v) is 1.23. The van der Waals surface area contributed by atoms with Crippen molar-refractivity contribution in [3.8, 4) is 0 Å². The van der Waals surface area contributed by atoms with Crippen LogP contribution in [-0.4, -0.2) is 34.6 Å². The van der Waals surface area contributed by atoms with E-state index in [1.165, 1.54) is 0 Å². The molecule has 0 fully saturated rings. The van der Waals surface area contributed by atoms with Gasteiger partial charge in [-0.05, 0) is 0 Å². The second-order valence-corrected chi connectivity index (χ2v) is 2.35. The second-order valence-electron chi connectivity index (χ2n) is 2.35. The maximum Gasteiger partial charge on any atom is 0.466 e. The van der Waals surface area contributed by atoms with Gasteiger partial charge in [0.25, 0.3) is 0 Å². The first-order chi connectivity index (χ1) is 6.85. The molecule has 0 aliphatic rings. The lowest BCUT2D eigenvalue weighted by atomic mass is 10.1. The van der Waals surface area contributed by atoms with Gasteiger partial charge in [0.2, 0.25) is 0 Å². The van der Waals surface area contributed by atoms with E-state index in [0.717, 1.165) is 4.79 Å². The summed E-state index contributed by atoms with van der Waals surface area (Å²) in [6.45, 7) is 0. The summed E-state index contributed by atoms with van der Waals surface area (Å²) >= 11 is 0. The highest BCUT2D eigenvalue weighted by atomic mass is 19.4. The molecule has 0 aliphatic heterocycles. The summed E-state index contributed by atoms with van der Waals surface area (Å²) in [7, 11) is 0. The lowest BCUT2D eigenvalue weighted by molar-refractivity contribution is -0.260. The molecule has 16 heavy (non-hydrogen) atoms. The largest absolute Gasteiger partial charge is 0.466 e. The van der Waals surface area contributed by atoms with Gasteiger partial charge < -0.3 is 5.53 Å². The predicted octanol–water partition coefficient (Wildman–Crippen LogP) is 1.99. The lowest BCUT2D eigenvalue weighted by Crippen LogP contribution is -2.51. The molecule has 0 bridgehead atoms. The number of alkyl halides is 8.